The van der Waals surface area contributed by atoms with E-state index in [-0.39, 0.29) is 36.5 Å². The Morgan fingerprint density at radius 2 is 2.32 bits per heavy atom. The van der Waals surface area contributed by atoms with Gasteiger partial charge in [0.15, 0.2) is 0 Å². The number of nitrogens with one attached hydrogen (secondary N) is 2. The smallest absolute Gasteiger partial charge is 0.291 e. The molecule has 22 heavy (non-hydrogen) atoms. The van der Waals surface area contributed by atoms with Crippen molar-refractivity contribution < 1.29 is 4.79 Å². The quantitative estimate of drug-likeness (QED) is 0.866. The second-order valence-electron chi connectivity index (χ2n) is 5.16. The summed E-state index contributed by atoms with van der Waals surface area (Å²) in [5, 5.41) is 10.4. The molecule has 1 amide bonds. The van der Waals surface area contributed by atoms with Gasteiger partial charge in [-0.15, -0.1) is 29.9 Å². The van der Waals surface area contributed by atoms with Gasteiger partial charge in [0, 0.05) is 18.4 Å². The molecule has 1 fully saturated rings. The molecule has 1 unspecified atom stereocenters. The fourth-order valence-electron chi connectivity index (χ4n) is 2.42. The maximum absolute atomic E-state index is 12.1. The molecule has 3 heterocycles. The van der Waals surface area contributed by atoms with Crippen LogP contribution in [0.3, 0.4) is 0 Å². The topological polar surface area (TPSA) is 84.2 Å². The molecule has 2 aromatic rings. The number of hydrogen-bond donors (Lipinski definition) is 2. The third-order valence-electron chi connectivity index (χ3n) is 3.58. The highest BCUT2D eigenvalue weighted by molar-refractivity contribution is 5.90. The van der Waals surface area contributed by atoms with Crippen LogP contribution in [0.25, 0.3) is 5.78 Å². The van der Waals surface area contributed by atoms with Gasteiger partial charge in [0.05, 0.1) is 0 Å². The van der Waals surface area contributed by atoms with Crippen LogP contribution < -0.4 is 10.6 Å². The molecule has 1 aliphatic heterocycles. The van der Waals surface area contributed by atoms with Crippen molar-refractivity contribution in [3.8, 4) is 0 Å². The second kappa shape index (κ2) is 8.26. The van der Waals surface area contributed by atoms with Crippen molar-refractivity contribution in [3.05, 3.63) is 23.8 Å². The first-order chi connectivity index (χ1) is 9.74. The lowest BCUT2D eigenvalue weighted by molar-refractivity contribution is 0.0934. The summed E-state index contributed by atoms with van der Waals surface area (Å²) in [7, 11) is 0. The van der Waals surface area contributed by atoms with Crippen LogP contribution in [0.5, 0.6) is 0 Å². The molecular weight excluding hydrogens is 327 g/mol. The van der Waals surface area contributed by atoms with Crippen LogP contribution in [0, 0.1) is 12.8 Å². The Labute approximate surface area is 141 Å². The molecule has 3 rings (SSSR count). The molecule has 0 saturated carbocycles. The highest BCUT2D eigenvalue weighted by Gasteiger charge is 2.17. The van der Waals surface area contributed by atoms with E-state index in [1.807, 2.05) is 13.0 Å². The number of rotatable bonds is 3. The lowest BCUT2D eigenvalue weighted by atomic mass is 10.00. The summed E-state index contributed by atoms with van der Waals surface area (Å²) in [5.74, 6) is 0.884. The lowest BCUT2D eigenvalue weighted by Gasteiger charge is -2.22. The van der Waals surface area contributed by atoms with E-state index in [9.17, 15) is 4.79 Å². The van der Waals surface area contributed by atoms with Crippen molar-refractivity contribution in [2.24, 2.45) is 5.92 Å². The van der Waals surface area contributed by atoms with Crippen LogP contribution in [-0.2, 0) is 0 Å². The Bertz CT molecular complexity index is 626. The van der Waals surface area contributed by atoms with Crippen LogP contribution in [0.2, 0.25) is 0 Å². The Hall–Kier alpha value is -1.44. The normalized spacial score (nSPS) is 17.4. The number of aryl methyl sites for hydroxylation is 1. The second-order valence-corrected chi connectivity index (χ2v) is 5.16. The van der Waals surface area contributed by atoms with Gasteiger partial charge in [-0.1, -0.05) is 0 Å². The van der Waals surface area contributed by atoms with Crippen LogP contribution in [0.15, 0.2) is 12.3 Å². The number of amides is 1. The zero-order valence-corrected chi connectivity index (χ0v) is 13.9. The molecule has 2 aromatic heterocycles. The average Bonchev–Trinajstić information content (AvgIpc) is 2.91. The molecule has 0 spiro atoms. The van der Waals surface area contributed by atoms with E-state index in [1.165, 1.54) is 0 Å². The summed E-state index contributed by atoms with van der Waals surface area (Å²) in [6, 6.07) is 1.83. The fourth-order valence-corrected chi connectivity index (χ4v) is 2.42. The van der Waals surface area contributed by atoms with Gasteiger partial charge < -0.3 is 10.6 Å². The molecule has 0 aromatic carbocycles. The molecule has 0 bridgehead atoms. The van der Waals surface area contributed by atoms with Gasteiger partial charge in [0.1, 0.15) is 0 Å². The average molecular weight is 347 g/mol. The van der Waals surface area contributed by atoms with E-state index in [0.29, 0.717) is 18.2 Å². The summed E-state index contributed by atoms with van der Waals surface area (Å²) in [5.41, 5.74) is 0.901. The largest absolute Gasteiger partial charge is 0.349 e. The number of piperidine rings is 1. The van der Waals surface area contributed by atoms with Gasteiger partial charge in [-0.25, -0.2) is 9.50 Å². The number of fused-ring (bicyclic) bond motifs is 1. The first-order valence-corrected chi connectivity index (χ1v) is 6.91. The van der Waals surface area contributed by atoms with Crippen LogP contribution >= 0.6 is 24.8 Å². The number of halogens is 2. The van der Waals surface area contributed by atoms with E-state index in [4.69, 9.17) is 0 Å². The maximum Gasteiger partial charge on any atom is 0.291 e. The third-order valence-corrected chi connectivity index (χ3v) is 3.58. The zero-order valence-electron chi connectivity index (χ0n) is 12.3. The molecule has 0 radical (unpaired) electrons. The van der Waals surface area contributed by atoms with E-state index in [0.717, 1.165) is 31.6 Å². The predicted molar refractivity (Wildman–Crippen MR) is 87.9 cm³/mol. The van der Waals surface area contributed by atoms with Crippen LogP contribution in [0.1, 0.15) is 29.2 Å². The molecular formula is C13H20Cl2N6O. The van der Waals surface area contributed by atoms with Crippen molar-refractivity contribution in [1.82, 2.24) is 30.2 Å². The van der Waals surface area contributed by atoms with Gasteiger partial charge in [-0.2, -0.15) is 4.98 Å². The molecule has 1 saturated heterocycles. The van der Waals surface area contributed by atoms with Crippen molar-refractivity contribution >= 4 is 36.5 Å². The number of carbonyl (C=O) groups is 1. The van der Waals surface area contributed by atoms with Crippen LogP contribution in [-0.4, -0.2) is 45.1 Å². The first-order valence-electron chi connectivity index (χ1n) is 6.91. The van der Waals surface area contributed by atoms with Crippen molar-refractivity contribution in [2.45, 2.75) is 19.8 Å². The minimum absolute atomic E-state index is 0. The molecule has 122 valence electrons. The third kappa shape index (κ3) is 4.06. The lowest BCUT2D eigenvalue weighted by Crippen LogP contribution is -2.38. The van der Waals surface area contributed by atoms with Crippen LogP contribution in [0.4, 0.5) is 0 Å². The highest BCUT2D eigenvalue weighted by Crippen LogP contribution is 2.08. The van der Waals surface area contributed by atoms with E-state index in [2.05, 4.69) is 25.7 Å². The fraction of sp³-hybridized carbons (Fsp3) is 0.538. The summed E-state index contributed by atoms with van der Waals surface area (Å²) < 4.78 is 1.58. The maximum atomic E-state index is 12.1. The SMILES string of the molecule is Cc1ccnc2nc(C(=O)NCC3CCCNC3)nn12.Cl.Cl. The Morgan fingerprint density at radius 1 is 1.50 bits per heavy atom. The molecule has 1 aliphatic rings. The Balaban J connectivity index is 0.00000121. The summed E-state index contributed by atoms with van der Waals surface area (Å²) in [6.45, 7) is 4.59. The highest BCUT2D eigenvalue weighted by atomic mass is 35.5. The minimum atomic E-state index is -0.236. The number of aromatic nitrogens is 4. The van der Waals surface area contributed by atoms with Gasteiger partial charge in [0.2, 0.25) is 5.82 Å². The van der Waals surface area contributed by atoms with Gasteiger partial charge in [-0.05, 0) is 44.8 Å². The van der Waals surface area contributed by atoms with Gasteiger partial charge in [-0.3, -0.25) is 4.79 Å². The van der Waals surface area contributed by atoms with Gasteiger partial charge >= 0.3 is 0 Å². The molecule has 0 aliphatic carbocycles. The number of hydrogen-bond acceptors (Lipinski definition) is 5. The molecule has 7 nitrogen and oxygen atoms in total. The monoisotopic (exact) mass is 346 g/mol. The van der Waals surface area contributed by atoms with E-state index < -0.39 is 0 Å². The van der Waals surface area contributed by atoms with E-state index >= 15 is 0 Å². The van der Waals surface area contributed by atoms with Crippen molar-refractivity contribution in [3.63, 3.8) is 0 Å². The Kier molecular flexibility index (Phi) is 6.99. The standard InChI is InChI=1S/C13H18N6O.2ClH/c1-9-4-6-15-13-17-11(18-19(9)13)12(20)16-8-10-3-2-5-14-7-10;;/h4,6,10,14H,2-3,5,7-8H2,1H3,(H,16,20);2*1H. The minimum Gasteiger partial charge on any atom is -0.349 e. The van der Waals surface area contributed by atoms with Crippen molar-refractivity contribution in [2.75, 3.05) is 19.6 Å². The Morgan fingerprint density at radius 3 is 3.00 bits per heavy atom. The molecule has 9 heteroatoms. The first kappa shape index (κ1) is 18.6. The molecule has 2 N–H and O–H groups in total. The predicted octanol–water partition coefficient (Wildman–Crippen LogP) is 1.01. The summed E-state index contributed by atoms with van der Waals surface area (Å²) >= 11 is 0. The van der Waals surface area contributed by atoms with Gasteiger partial charge in [0.25, 0.3) is 11.7 Å². The molecule has 1 atom stereocenters. The van der Waals surface area contributed by atoms with E-state index in [1.54, 1.807) is 10.7 Å². The zero-order chi connectivity index (χ0) is 13.9. The van der Waals surface area contributed by atoms with Crippen molar-refractivity contribution in [1.29, 1.82) is 0 Å². The number of carbonyl (C=O) groups excluding carboxylic acids is 1. The summed E-state index contributed by atoms with van der Waals surface area (Å²) in [4.78, 5) is 20.3. The number of nitrogens with zero attached hydrogens (tertiary/aromatic N) is 4. The summed E-state index contributed by atoms with van der Waals surface area (Å²) in [6.07, 6.45) is 3.97.